The first-order valence-electron chi connectivity index (χ1n) is 6.93. The van der Waals surface area contributed by atoms with Gasteiger partial charge >= 0.3 is 0 Å². The lowest BCUT2D eigenvalue weighted by atomic mass is 10.1. The van der Waals surface area contributed by atoms with Gasteiger partial charge in [-0.25, -0.2) is 0 Å². The number of ether oxygens (including phenoxy) is 2. The minimum Gasteiger partial charge on any atom is -0.493 e. The molecule has 0 atom stereocenters. The number of nitriles is 1. The molecule has 0 unspecified atom stereocenters. The van der Waals surface area contributed by atoms with Gasteiger partial charge in [0.05, 0.1) is 19.2 Å². The van der Waals surface area contributed by atoms with Crippen LogP contribution in [0.15, 0.2) is 17.7 Å². The largest absolute Gasteiger partial charge is 0.493 e. The third-order valence-corrected chi connectivity index (χ3v) is 3.79. The number of methoxy groups -OCH3 is 2. The molecule has 0 saturated carbocycles. The Morgan fingerprint density at radius 1 is 1.32 bits per heavy atom. The molecule has 1 aromatic carbocycles. The fraction of sp³-hybridized carbons (Fsp3) is 0.375. The Kier molecular flexibility index (Phi) is 5.29. The molecule has 0 N–H and O–H groups in total. The van der Waals surface area contributed by atoms with Gasteiger partial charge in [-0.1, -0.05) is 11.6 Å². The first-order chi connectivity index (χ1) is 10.6. The molecule has 22 heavy (non-hydrogen) atoms. The van der Waals surface area contributed by atoms with Crippen LogP contribution in [0, 0.1) is 11.3 Å². The summed E-state index contributed by atoms with van der Waals surface area (Å²) in [5, 5.41) is 9.62. The zero-order valence-electron chi connectivity index (χ0n) is 12.6. The van der Waals surface area contributed by atoms with E-state index >= 15 is 0 Å². The van der Waals surface area contributed by atoms with Crippen molar-refractivity contribution >= 4 is 23.6 Å². The predicted octanol–water partition coefficient (Wildman–Crippen LogP) is 2.89. The van der Waals surface area contributed by atoms with E-state index in [-0.39, 0.29) is 11.5 Å². The van der Waals surface area contributed by atoms with Crippen molar-refractivity contribution in [2.75, 3.05) is 27.3 Å². The first kappa shape index (κ1) is 16.2. The van der Waals surface area contributed by atoms with E-state index in [1.54, 1.807) is 17.0 Å². The maximum atomic E-state index is 12.3. The first-order valence-corrected chi connectivity index (χ1v) is 7.31. The quantitative estimate of drug-likeness (QED) is 0.632. The summed E-state index contributed by atoms with van der Waals surface area (Å²) in [6.45, 7) is 1.40. The molecule has 6 heteroatoms. The molecule has 0 spiro atoms. The molecular weight excluding hydrogens is 304 g/mol. The second-order valence-corrected chi connectivity index (χ2v) is 5.31. The predicted molar refractivity (Wildman–Crippen MR) is 84.0 cm³/mol. The van der Waals surface area contributed by atoms with Gasteiger partial charge in [-0.15, -0.1) is 0 Å². The summed E-state index contributed by atoms with van der Waals surface area (Å²) in [6.07, 6.45) is 3.48. The molecular formula is C16H17ClN2O3. The summed E-state index contributed by atoms with van der Waals surface area (Å²) >= 11 is 6.13. The van der Waals surface area contributed by atoms with Crippen molar-refractivity contribution in [3.05, 3.63) is 28.3 Å². The molecule has 116 valence electrons. The summed E-state index contributed by atoms with van der Waals surface area (Å²) in [5.41, 5.74) is 0.705. The minimum absolute atomic E-state index is 0.0881. The lowest BCUT2D eigenvalue weighted by Gasteiger charge is -2.14. The Hall–Kier alpha value is -2.19. The highest BCUT2D eigenvalue weighted by atomic mass is 35.5. The van der Waals surface area contributed by atoms with Crippen molar-refractivity contribution in [2.45, 2.75) is 12.8 Å². The van der Waals surface area contributed by atoms with Crippen molar-refractivity contribution in [3.63, 3.8) is 0 Å². The smallest absolute Gasteiger partial charge is 0.264 e. The monoisotopic (exact) mass is 320 g/mol. The third-order valence-electron chi connectivity index (χ3n) is 3.51. The lowest BCUT2D eigenvalue weighted by molar-refractivity contribution is -0.125. The average Bonchev–Trinajstić information content (AvgIpc) is 3.05. The normalized spacial score (nSPS) is 14.6. The van der Waals surface area contributed by atoms with Gasteiger partial charge < -0.3 is 14.4 Å². The second kappa shape index (κ2) is 7.19. The fourth-order valence-electron chi connectivity index (χ4n) is 2.42. The lowest BCUT2D eigenvalue weighted by Crippen LogP contribution is -2.28. The van der Waals surface area contributed by atoms with Crippen LogP contribution in [0.5, 0.6) is 11.5 Å². The van der Waals surface area contributed by atoms with E-state index in [1.807, 2.05) is 6.07 Å². The highest BCUT2D eigenvalue weighted by Gasteiger charge is 2.21. The van der Waals surface area contributed by atoms with Crippen LogP contribution in [0.2, 0.25) is 5.02 Å². The number of halogens is 1. The molecule has 1 heterocycles. The molecule has 0 aromatic heterocycles. The number of amides is 1. The number of nitrogens with zero attached hydrogens (tertiary/aromatic N) is 2. The van der Waals surface area contributed by atoms with Crippen LogP contribution in [0.3, 0.4) is 0 Å². The number of hydrogen-bond acceptors (Lipinski definition) is 4. The van der Waals surface area contributed by atoms with E-state index in [1.165, 1.54) is 20.3 Å². The van der Waals surface area contributed by atoms with E-state index in [9.17, 15) is 10.1 Å². The molecule has 1 aliphatic rings. The summed E-state index contributed by atoms with van der Waals surface area (Å²) in [5.74, 6) is 0.628. The molecule has 1 fully saturated rings. The van der Waals surface area contributed by atoms with Gasteiger partial charge in [-0.3, -0.25) is 4.79 Å². The van der Waals surface area contributed by atoms with Gasteiger partial charge in [0, 0.05) is 13.1 Å². The molecule has 0 radical (unpaired) electrons. The van der Waals surface area contributed by atoms with Gasteiger partial charge in [0.1, 0.15) is 11.6 Å². The van der Waals surface area contributed by atoms with Crippen LogP contribution in [0.1, 0.15) is 18.4 Å². The maximum absolute atomic E-state index is 12.3. The topological polar surface area (TPSA) is 62.6 Å². The fourth-order valence-corrected chi connectivity index (χ4v) is 2.72. The Balaban J connectivity index is 2.35. The molecule has 0 aliphatic carbocycles. The number of carbonyl (C=O) groups is 1. The van der Waals surface area contributed by atoms with E-state index < -0.39 is 0 Å². The van der Waals surface area contributed by atoms with Crippen LogP contribution in [0.25, 0.3) is 6.08 Å². The van der Waals surface area contributed by atoms with Crippen LogP contribution in [-0.2, 0) is 4.79 Å². The Morgan fingerprint density at radius 3 is 2.55 bits per heavy atom. The van der Waals surface area contributed by atoms with Gasteiger partial charge in [-0.05, 0) is 36.6 Å². The van der Waals surface area contributed by atoms with Crippen molar-refractivity contribution in [2.24, 2.45) is 0 Å². The van der Waals surface area contributed by atoms with Gasteiger partial charge in [0.15, 0.2) is 11.5 Å². The van der Waals surface area contributed by atoms with Gasteiger partial charge in [0.25, 0.3) is 5.91 Å². The summed E-state index contributed by atoms with van der Waals surface area (Å²) < 4.78 is 10.4. The molecule has 1 aromatic rings. The molecule has 1 saturated heterocycles. The highest BCUT2D eigenvalue weighted by molar-refractivity contribution is 6.32. The number of likely N-dealkylation sites (tertiary alicyclic amines) is 1. The zero-order chi connectivity index (χ0) is 16.1. The van der Waals surface area contributed by atoms with Crippen molar-refractivity contribution < 1.29 is 14.3 Å². The molecule has 5 nitrogen and oxygen atoms in total. The molecule has 1 aliphatic heterocycles. The van der Waals surface area contributed by atoms with Crippen LogP contribution < -0.4 is 9.47 Å². The average molecular weight is 321 g/mol. The van der Waals surface area contributed by atoms with E-state index in [0.717, 1.165) is 12.8 Å². The number of rotatable bonds is 4. The van der Waals surface area contributed by atoms with E-state index in [0.29, 0.717) is 35.2 Å². The van der Waals surface area contributed by atoms with Crippen molar-refractivity contribution in [1.29, 1.82) is 5.26 Å². The zero-order valence-corrected chi connectivity index (χ0v) is 13.3. The minimum atomic E-state index is -0.245. The SMILES string of the molecule is COc1cc(/C=C(\C#N)C(=O)N2CCCC2)cc(Cl)c1OC. The van der Waals surface area contributed by atoms with Crippen LogP contribution in [0.4, 0.5) is 0 Å². The Morgan fingerprint density at radius 2 is 2.00 bits per heavy atom. The van der Waals surface area contributed by atoms with Crippen molar-refractivity contribution in [1.82, 2.24) is 4.90 Å². The van der Waals surface area contributed by atoms with Crippen LogP contribution in [-0.4, -0.2) is 38.1 Å². The Labute approximate surface area is 134 Å². The maximum Gasteiger partial charge on any atom is 0.264 e. The molecule has 0 bridgehead atoms. The molecule has 1 amide bonds. The van der Waals surface area contributed by atoms with Gasteiger partial charge in [-0.2, -0.15) is 5.26 Å². The Bertz CT molecular complexity index is 644. The van der Waals surface area contributed by atoms with E-state index in [2.05, 4.69) is 0 Å². The third kappa shape index (κ3) is 3.34. The number of benzene rings is 1. The summed E-state index contributed by atoms with van der Waals surface area (Å²) in [6, 6.07) is 5.28. The summed E-state index contributed by atoms with van der Waals surface area (Å²) in [7, 11) is 3.00. The standard InChI is InChI=1S/C16H17ClN2O3/c1-21-14-9-11(8-13(17)15(14)22-2)7-12(10-18)16(20)19-5-3-4-6-19/h7-9H,3-6H2,1-2H3/b12-7+. The summed E-state index contributed by atoms with van der Waals surface area (Å²) in [4.78, 5) is 14.0. The van der Waals surface area contributed by atoms with Crippen LogP contribution >= 0.6 is 11.6 Å². The highest BCUT2D eigenvalue weighted by Crippen LogP contribution is 2.36. The van der Waals surface area contributed by atoms with Crippen molar-refractivity contribution in [3.8, 4) is 17.6 Å². The van der Waals surface area contributed by atoms with E-state index in [4.69, 9.17) is 21.1 Å². The second-order valence-electron chi connectivity index (χ2n) is 4.91. The molecule has 2 rings (SSSR count). The van der Waals surface area contributed by atoms with Gasteiger partial charge in [0.2, 0.25) is 0 Å². The number of hydrogen-bond donors (Lipinski definition) is 0. The number of carbonyl (C=O) groups excluding carboxylic acids is 1.